The summed E-state index contributed by atoms with van der Waals surface area (Å²) in [5, 5.41) is 27.4. The molecule has 1 atom stereocenters. The summed E-state index contributed by atoms with van der Waals surface area (Å²) < 4.78 is 0. The Morgan fingerprint density at radius 1 is 0.941 bits per heavy atom. The number of carboxylic acid groups (broad SMARTS) is 3. The maximum atomic E-state index is 10.4. The Balaban J connectivity index is -0.000000282. The van der Waals surface area contributed by atoms with Crippen LogP contribution in [0.1, 0.15) is 12.8 Å². The molecule has 0 aliphatic carbocycles. The molecular formula is C7H14NNa3O6. The van der Waals surface area contributed by atoms with Crippen LogP contribution in [0.2, 0.25) is 0 Å². The van der Waals surface area contributed by atoms with Gasteiger partial charge in [-0.1, -0.05) is 0 Å². The van der Waals surface area contributed by atoms with E-state index in [2.05, 4.69) is 5.32 Å². The summed E-state index contributed by atoms with van der Waals surface area (Å²) in [7, 11) is 0. The Hall–Kier alpha value is 1.37. The van der Waals surface area contributed by atoms with Gasteiger partial charge >= 0.3 is 107 Å². The van der Waals surface area contributed by atoms with Gasteiger partial charge in [0.05, 0.1) is 12.8 Å². The van der Waals surface area contributed by atoms with E-state index in [1.54, 1.807) is 0 Å². The molecule has 0 aromatic rings. The van der Waals surface area contributed by atoms with Crippen molar-refractivity contribution in [3.63, 3.8) is 0 Å². The molecule has 0 radical (unpaired) electrons. The summed E-state index contributed by atoms with van der Waals surface area (Å²) in [6, 6.07) is -1.24. The molecule has 10 heteroatoms. The van der Waals surface area contributed by atoms with Crippen molar-refractivity contribution < 1.29 is 29.7 Å². The fourth-order valence-electron chi connectivity index (χ4n) is 0.775. The van der Waals surface area contributed by atoms with Crippen LogP contribution in [0, 0.1) is 0 Å². The average Bonchev–Trinajstić information content (AvgIpc) is 2.00. The van der Waals surface area contributed by atoms with Gasteiger partial charge in [-0.25, -0.2) is 0 Å². The van der Waals surface area contributed by atoms with Gasteiger partial charge < -0.3 is 20.6 Å². The molecule has 0 aromatic carbocycles. The van der Waals surface area contributed by atoms with E-state index in [1.807, 2.05) is 0 Å². The van der Waals surface area contributed by atoms with E-state index in [0.717, 1.165) is 0 Å². The monoisotopic (exact) mass is 277 g/mol. The maximum absolute atomic E-state index is 10.4. The van der Waals surface area contributed by atoms with Crippen LogP contribution in [-0.2, 0) is 14.4 Å². The molecule has 0 fully saturated rings. The zero-order chi connectivity index (χ0) is 11.1. The molecule has 17 heavy (non-hydrogen) atoms. The molecule has 0 saturated carbocycles. The fraction of sp³-hybridized carbons (Fsp3) is 0.571. The second kappa shape index (κ2) is 15.4. The van der Waals surface area contributed by atoms with E-state index in [0.29, 0.717) is 0 Å². The molecule has 0 unspecified atom stereocenters. The second-order valence-corrected chi connectivity index (χ2v) is 2.59. The molecule has 0 amide bonds. The van der Waals surface area contributed by atoms with E-state index in [9.17, 15) is 14.4 Å². The summed E-state index contributed by atoms with van der Waals surface area (Å²) in [4.78, 5) is 30.7. The quantitative estimate of drug-likeness (QED) is 0.366. The van der Waals surface area contributed by atoms with Gasteiger partial charge in [0.25, 0.3) is 0 Å². The zero-order valence-corrected chi connectivity index (χ0v) is 7.27. The first-order valence-corrected chi connectivity index (χ1v) is 3.83. The zero-order valence-electron chi connectivity index (χ0n) is 7.27. The number of aliphatic carboxylic acids is 3. The normalized spacial score (nSPS) is 9.88. The topological polar surface area (TPSA) is 124 Å². The van der Waals surface area contributed by atoms with Gasteiger partial charge in [0.2, 0.25) is 0 Å². The van der Waals surface area contributed by atoms with Crippen LogP contribution in [0.25, 0.3) is 0 Å². The van der Waals surface area contributed by atoms with Crippen LogP contribution < -0.4 is 5.32 Å². The Labute approximate surface area is 165 Å². The third-order valence-electron chi connectivity index (χ3n) is 1.41. The van der Waals surface area contributed by atoms with Crippen molar-refractivity contribution in [3.05, 3.63) is 0 Å². The molecule has 0 saturated heterocycles. The number of rotatable bonds is 7. The van der Waals surface area contributed by atoms with Crippen LogP contribution in [0.3, 0.4) is 0 Å². The van der Waals surface area contributed by atoms with Crippen molar-refractivity contribution in [2.45, 2.75) is 18.9 Å². The van der Waals surface area contributed by atoms with Gasteiger partial charge in [0.1, 0.15) is 6.04 Å². The van der Waals surface area contributed by atoms with Crippen molar-refractivity contribution in [2.75, 3.05) is 6.54 Å². The molecule has 0 heterocycles. The molecule has 0 aliphatic rings. The van der Waals surface area contributed by atoms with Gasteiger partial charge in [0, 0.05) is 6.54 Å². The average molecular weight is 277 g/mol. The minimum absolute atomic E-state index is 0. The predicted molar refractivity (Wildman–Crippen MR) is 65.4 cm³/mol. The number of hydrogen-bond donors (Lipinski definition) is 4. The van der Waals surface area contributed by atoms with Crippen molar-refractivity contribution in [1.29, 1.82) is 0 Å². The van der Waals surface area contributed by atoms with Crippen LogP contribution >= 0.6 is 0 Å². The third kappa shape index (κ3) is 17.4. The van der Waals surface area contributed by atoms with Gasteiger partial charge in [-0.2, -0.15) is 0 Å². The molecule has 0 spiro atoms. The standard InChI is InChI=1S/C7H11NO6.3Na.3H/c9-5(10)1-2-8-4(7(13)14)3-6(11)12;;;;;;/h4,8H,1-3H2,(H,9,10)(H,11,12)(H,13,14);;;;;;/t4-;;;;;;/m1....../s1. The van der Waals surface area contributed by atoms with Crippen molar-refractivity contribution in [2.24, 2.45) is 0 Å². The van der Waals surface area contributed by atoms with Crippen molar-refractivity contribution in [1.82, 2.24) is 5.32 Å². The molecule has 0 rings (SSSR count). The summed E-state index contributed by atoms with van der Waals surface area (Å²) in [5.74, 6) is -3.63. The van der Waals surface area contributed by atoms with Crippen LogP contribution in [0.15, 0.2) is 0 Å². The summed E-state index contributed by atoms with van der Waals surface area (Å²) in [5.41, 5.74) is 0. The Morgan fingerprint density at radius 2 is 1.41 bits per heavy atom. The van der Waals surface area contributed by atoms with Crippen LogP contribution in [0.4, 0.5) is 0 Å². The fourth-order valence-corrected chi connectivity index (χ4v) is 0.775. The number of nitrogens with one attached hydrogen (secondary N) is 1. The molecule has 0 aromatic heterocycles. The third-order valence-corrected chi connectivity index (χ3v) is 1.41. The van der Waals surface area contributed by atoms with Gasteiger partial charge in [0.15, 0.2) is 0 Å². The first-order chi connectivity index (χ1) is 6.43. The van der Waals surface area contributed by atoms with Crippen LogP contribution in [0.5, 0.6) is 0 Å². The first-order valence-electron chi connectivity index (χ1n) is 3.83. The molecule has 7 nitrogen and oxygen atoms in total. The van der Waals surface area contributed by atoms with Crippen molar-refractivity contribution >= 4 is 107 Å². The van der Waals surface area contributed by atoms with E-state index in [-0.39, 0.29) is 102 Å². The van der Waals surface area contributed by atoms with Gasteiger partial charge in [-0.05, 0) is 0 Å². The minimum atomic E-state index is -1.31. The SMILES string of the molecule is O=C(O)CCN[C@H](CC(=O)O)C(=O)O.[NaH].[NaH].[NaH]. The number of hydrogen-bond acceptors (Lipinski definition) is 4. The Kier molecular flexibility index (Phi) is 24.4. The van der Waals surface area contributed by atoms with E-state index in [1.165, 1.54) is 0 Å². The van der Waals surface area contributed by atoms with Crippen molar-refractivity contribution in [3.8, 4) is 0 Å². The van der Waals surface area contributed by atoms with E-state index >= 15 is 0 Å². The summed E-state index contributed by atoms with van der Waals surface area (Å²) in [6.07, 6.45) is -0.821. The molecule has 86 valence electrons. The van der Waals surface area contributed by atoms with Gasteiger partial charge in [-0.15, -0.1) is 0 Å². The number of carboxylic acids is 3. The first kappa shape index (κ1) is 26.8. The van der Waals surface area contributed by atoms with Gasteiger partial charge in [-0.3, -0.25) is 14.4 Å². The molecule has 4 N–H and O–H groups in total. The summed E-state index contributed by atoms with van der Waals surface area (Å²) >= 11 is 0. The second-order valence-electron chi connectivity index (χ2n) is 2.59. The van der Waals surface area contributed by atoms with E-state index < -0.39 is 30.4 Å². The number of carbonyl (C=O) groups is 3. The molecular weight excluding hydrogens is 263 g/mol. The molecule has 0 bridgehead atoms. The molecule has 0 aliphatic heterocycles. The predicted octanol–water partition coefficient (Wildman–Crippen LogP) is -2.97. The summed E-state index contributed by atoms with van der Waals surface area (Å²) in [6.45, 7) is -0.0699. The Bertz CT molecular complexity index is 250. The Morgan fingerprint density at radius 3 is 1.71 bits per heavy atom. The van der Waals surface area contributed by atoms with Crippen LogP contribution in [-0.4, -0.2) is 134 Å². The van der Waals surface area contributed by atoms with E-state index in [4.69, 9.17) is 15.3 Å².